The van der Waals surface area contributed by atoms with Gasteiger partial charge in [-0.1, -0.05) is 24.5 Å². The molecule has 4 rings (SSSR count). The van der Waals surface area contributed by atoms with Gasteiger partial charge in [0.15, 0.2) is 5.69 Å². The third-order valence-corrected chi connectivity index (χ3v) is 5.84. The molecule has 0 aromatic carbocycles. The Kier molecular flexibility index (Phi) is 5.48. The Balaban J connectivity index is 1.39. The number of fused-ring (bicyclic) bond motifs is 1. The Morgan fingerprint density at radius 3 is 3.04 bits per heavy atom. The second-order valence-corrected chi connectivity index (χ2v) is 7.77. The van der Waals surface area contributed by atoms with Gasteiger partial charge in [0.25, 0.3) is 5.91 Å². The summed E-state index contributed by atoms with van der Waals surface area (Å²) in [5, 5.41) is 14.6. The third kappa shape index (κ3) is 4.18. The molecule has 7 nitrogen and oxygen atoms in total. The number of rotatable bonds is 5. The third-order valence-electron chi connectivity index (χ3n) is 5.84. The first kappa shape index (κ1) is 18.1. The first-order valence-electron chi connectivity index (χ1n) is 10.1. The maximum Gasteiger partial charge on any atom is 0.273 e. The van der Waals surface area contributed by atoms with Crippen LogP contribution in [0.4, 0.5) is 0 Å². The minimum atomic E-state index is -0.171. The van der Waals surface area contributed by atoms with Crippen LogP contribution in [0.3, 0.4) is 0 Å². The van der Waals surface area contributed by atoms with Gasteiger partial charge in [-0.05, 0) is 55.3 Å². The molecule has 144 valence electrons. The first-order chi connectivity index (χ1) is 13.2. The highest BCUT2D eigenvalue weighted by atomic mass is 16.2. The summed E-state index contributed by atoms with van der Waals surface area (Å²) in [4.78, 5) is 17.0. The van der Waals surface area contributed by atoms with Gasteiger partial charge < -0.3 is 10.6 Å². The van der Waals surface area contributed by atoms with E-state index in [9.17, 15) is 4.79 Å². The Morgan fingerprint density at radius 1 is 1.33 bits per heavy atom. The quantitative estimate of drug-likeness (QED) is 0.845. The smallest absolute Gasteiger partial charge is 0.273 e. The van der Waals surface area contributed by atoms with Gasteiger partial charge in [0.1, 0.15) is 0 Å². The van der Waals surface area contributed by atoms with Gasteiger partial charge in [0.2, 0.25) is 0 Å². The van der Waals surface area contributed by atoms with E-state index >= 15 is 0 Å². The van der Waals surface area contributed by atoms with Crippen molar-refractivity contribution in [1.29, 1.82) is 0 Å². The molecule has 2 aromatic rings. The number of amides is 1. The number of carbonyl (C=O) groups excluding carboxylic acids is 1. The van der Waals surface area contributed by atoms with E-state index in [2.05, 4.69) is 25.9 Å². The molecule has 1 aliphatic carbocycles. The van der Waals surface area contributed by atoms with Crippen molar-refractivity contribution in [2.24, 2.45) is 5.92 Å². The Labute approximate surface area is 159 Å². The van der Waals surface area contributed by atoms with Gasteiger partial charge in [0, 0.05) is 31.5 Å². The van der Waals surface area contributed by atoms with Crippen LogP contribution in [0.5, 0.6) is 0 Å². The summed E-state index contributed by atoms with van der Waals surface area (Å²) in [6.45, 7) is 5.16. The molecule has 0 atom stereocenters. The van der Waals surface area contributed by atoms with Crippen LogP contribution in [0.2, 0.25) is 0 Å². The van der Waals surface area contributed by atoms with Crippen LogP contribution >= 0.6 is 0 Å². The van der Waals surface area contributed by atoms with E-state index in [0.29, 0.717) is 18.2 Å². The molecule has 27 heavy (non-hydrogen) atoms. The molecule has 1 aliphatic heterocycles. The molecule has 1 amide bonds. The lowest BCUT2D eigenvalue weighted by molar-refractivity contribution is 0.0945. The van der Waals surface area contributed by atoms with Crippen molar-refractivity contribution in [3.8, 4) is 0 Å². The average Bonchev–Trinajstić information content (AvgIpc) is 3.16. The lowest BCUT2D eigenvalue weighted by Crippen LogP contribution is -2.29. The summed E-state index contributed by atoms with van der Waals surface area (Å²) in [6.07, 6.45) is 11.1. The summed E-state index contributed by atoms with van der Waals surface area (Å²) in [6, 6.07) is 0. The summed E-state index contributed by atoms with van der Waals surface area (Å²) in [7, 11) is 0. The van der Waals surface area contributed by atoms with E-state index in [0.717, 1.165) is 37.3 Å². The fourth-order valence-corrected chi connectivity index (χ4v) is 4.26. The highest BCUT2D eigenvalue weighted by Gasteiger charge is 2.19. The molecule has 7 heteroatoms. The maximum atomic E-state index is 12.5. The van der Waals surface area contributed by atoms with Crippen molar-refractivity contribution in [3.05, 3.63) is 40.5 Å². The molecule has 1 fully saturated rings. The van der Waals surface area contributed by atoms with Gasteiger partial charge in [-0.15, -0.1) is 5.10 Å². The highest BCUT2D eigenvalue weighted by Crippen LogP contribution is 2.24. The monoisotopic (exact) mass is 368 g/mol. The zero-order valence-electron chi connectivity index (χ0n) is 16.0. The van der Waals surface area contributed by atoms with Gasteiger partial charge >= 0.3 is 0 Å². The van der Waals surface area contributed by atoms with E-state index in [4.69, 9.17) is 0 Å². The molecule has 2 N–H and O–H groups in total. The molecule has 2 aliphatic rings. The minimum absolute atomic E-state index is 0.171. The lowest BCUT2D eigenvalue weighted by atomic mass is 9.89. The number of nitrogens with one attached hydrogen (secondary N) is 2. The van der Waals surface area contributed by atoms with E-state index in [1.165, 1.54) is 43.2 Å². The molecule has 3 heterocycles. The Morgan fingerprint density at radius 2 is 2.19 bits per heavy atom. The predicted molar refractivity (Wildman–Crippen MR) is 102 cm³/mol. The molecule has 1 saturated carbocycles. The normalized spacial score (nSPS) is 17.5. The zero-order valence-corrected chi connectivity index (χ0v) is 16.0. The number of hydrogen-bond acceptors (Lipinski definition) is 5. The topological polar surface area (TPSA) is 84.7 Å². The number of hydrogen-bond donors (Lipinski definition) is 2. The fourth-order valence-electron chi connectivity index (χ4n) is 4.26. The SMILES string of the molecule is Cc1ncc2c(c1CNC(=O)c1cn(CC3CCCCC3)nn1)CCNC2. The molecule has 0 spiro atoms. The summed E-state index contributed by atoms with van der Waals surface area (Å²) < 4.78 is 1.83. The predicted octanol–water partition coefficient (Wildman–Crippen LogP) is 2.14. The van der Waals surface area contributed by atoms with Crippen molar-refractivity contribution < 1.29 is 4.79 Å². The molecule has 2 aromatic heterocycles. The van der Waals surface area contributed by atoms with Crippen LogP contribution in [-0.2, 0) is 26.1 Å². The van der Waals surface area contributed by atoms with Gasteiger partial charge in [-0.25, -0.2) is 0 Å². The van der Waals surface area contributed by atoms with E-state index in [-0.39, 0.29) is 5.91 Å². The summed E-state index contributed by atoms with van der Waals surface area (Å²) in [5.41, 5.74) is 5.06. The van der Waals surface area contributed by atoms with Crippen LogP contribution in [0.25, 0.3) is 0 Å². The molecule has 0 saturated heterocycles. The minimum Gasteiger partial charge on any atom is -0.346 e. The van der Waals surface area contributed by atoms with Crippen molar-refractivity contribution >= 4 is 5.91 Å². The van der Waals surface area contributed by atoms with E-state index in [1.54, 1.807) is 6.20 Å². The lowest BCUT2D eigenvalue weighted by Gasteiger charge is -2.21. The molecule has 0 radical (unpaired) electrons. The standard InChI is InChI=1S/C20H28N6O/c1-14-18(17-7-8-21-9-16(17)10-22-14)11-23-20(27)19-13-26(25-24-19)12-15-5-3-2-4-6-15/h10,13,15,21H,2-9,11-12H2,1H3,(H,23,27). The number of carbonyl (C=O) groups is 1. The first-order valence-corrected chi connectivity index (χ1v) is 10.1. The van der Waals surface area contributed by atoms with E-state index < -0.39 is 0 Å². The van der Waals surface area contributed by atoms with Crippen LogP contribution < -0.4 is 10.6 Å². The average molecular weight is 368 g/mol. The van der Waals surface area contributed by atoms with Gasteiger partial charge in [-0.3, -0.25) is 14.5 Å². The van der Waals surface area contributed by atoms with Crippen LogP contribution in [0, 0.1) is 12.8 Å². The summed E-state index contributed by atoms with van der Waals surface area (Å²) in [5.74, 6) is 0.491. The number of pyridine rings is 1. The Hall–Kier alpha value is -2.28. The summed E-state index contributed by atoms with van der Waals surface area (Å²) >= 11 is 0. The zero-order chi connectivity index (χ0) is 18.6. The molecular formula is C20H28N6O. The number of aromatic nitrogens is 4. The number of aryl methyl sites for hydroxylation is 1. The van der Waals surface area contributed by atoms with Crippen LogP contribution in [0.1, 0.15) is 65.0 Å². The van der Waals surface area contributed by atoms with Crippen molar-refractivity contribution in [2.45, 2.75) is 65.1 Å². The molecule has 0 bridgehead atoms. The van der Waals surface area contributed by atoms with E-state index in [1.807, 2.05) is 17.8 Å². The van der Waals surface area contributed by atoms with Crippen molar-refractivity contribution in [1.82, 2.24) is 30.6 Å². The Bertz CT molecular complexity index is 809. The van der Waals surface area contributed by atoms with Crippen molar-refractivity contribution in [3.63, 3.8) is 0 Å². The highest BCUT2D eigenvalue weighted by molar-refractivity contribution is 5.91. The van der Waals surface area contributed by atoms with Crippen molar-refractivity contribution in [2.75, 3.05) is 6.54 Å². The second-order valence-electron chi connectivity index (χ2n) is 7.77. The fraction of sp³-hybridized carbons (Fsp3) is 0.600. The molecule has 0 unspecified atom stereocenters. The van der Waals surface area contributed by atoms with Gasteiger partial charge in [-0.2, -0.15) is 0 Å². The largest absolute Gasteiger partial charge is 0.346 e. The number of nitrogens with zero attached hydrogens (tertiary/aromatic N) is 4. The maximum absolute atomic E-state index is 12.5. The second kappa shape index (κ2) is 8.17. The van der Waals surface area contributed by atoms with Crippen LogP contribution in [-0.4, -0.2) is 32.4 Å². The molecular weight excluding hydrogens is 340 g/mol. The van der Waals surface area contributed by atoms with Gasteiger partial charge in [0.05, 0.1) is 6.20 Å². The van der Waals surface area contributed by atoms with Crippen LogP contribution in [0.15, 0.2) is 12.4 Å².